The first-order valence-corrected chi connectivity index (χ1v) is 7.20. The van der Waals surface area contributed by atoms with Gasteiger partial charge in [-0.2, -0.15) is 5.10 Å². The summed E-state index contributed by atoms with van der Waals surface area (Å²) in [4.78, 5) is 0. The van der Waals surface area contributed by atoms with Gasteiger partial charge in [-0.25, -0.2) is 0 Å². The zero-order valence-electron chi connectivity index (χ0n) is 12.3. The van der Waals surface area contributed by atoms with Crippen LogP contribution < -0.4 is 11.1 Å². The maximum atomic E-state index is 5.78. The SMILES string of the molecule is CC(C)C(CN)CNCc1ccc(-c2ccn[nH]2)cc1. The van der Waals surface area contributed by atoms with Crippen LogP contribution >= 0.6 is 0 Å². The highest BCUT2D eigenvalue weighted by atomic mass is 15.1. The average molecular weight is 272 g/mol. The molecule has 0 amide bonds. The molecular formula is C16H24N4. The van der Waals surface area contributed by atoms with Gasteiger partial charge in [-0.05, 0) is 42.1 Å². The number of H-pyrrole nitrogens is 1. The van der Waals surface area contributed by atoms with E-state index < -0.39 is 0 Å². The number of aromatic nitrogens is 2. The fourth-order valence-electron chi connectivity index (χ4n) is 2.21. The molecule has 1 unspecified atom stereocenters. The van der Waals surface area contributed by atoms with Gasteiger partial charge in [0.2, 0.25) is 0 Å². The molecule has 0 bridgehead atoms. The largest absolute Gasteiger partial charge is 0.330 e. The van der Waals surface area contributed by atoms with Gasteiger partial charge < -0.3 is 11.1 Å². The van der Waals surface area contributed by atoms with Gasteiger partial charge in [0.05, 0.1) is 5.69 Å². The number of nitrogens with two attached hydrogens (primary N) is 1. The Morgan fingerprint density at radius 1 is 1.20 bits per heavy atom. The number of nitrogens with one attached hydrogen (secondary N) is 2. The van der Waals surface area contributed by atoms with E-state index in [1.165, 1.54) is 5.56 Å². The van der Waals surface area contributed by atoms with E-state index in [-0.39, 0.29) is 0 Å². The lowest BCUT2D eigenvalue weighted by Crippen LogP contribution is -2.31. The average Bonchev–Trinajstić information content (AvgIpc) is 2.98. The van der Waals surface area contributed by atoms with E-state index in [2.05, 4.69) is 53.6 Å². The predicted octanol–water partition coefficient (Wildman–Crippen LogP) is 2.40. The topological polar surface area (TPSA) is 66.7 Å². The molecule has 0 radical (unpaired) electrons. The van der Waals surface area contributed by atoms with Crippen molar-refractivity contribution in [2.45, 2.75) is 20.4 Å². The summed E-state index contributed by atoms with van der Waals surface area (Å²) in [6.07, 6.45) is 1.77. The van der Waals surface area contributed by atoms with Crippen molar-refractivity contribution in [2.75, 3.05) is 13.1 Å². The van der Waals surface area contributed by atoms with Crippen LogP contribution in [-0.4, -0.2) is 23.3 Å². The molecule has 0 aliphatic carbocycles. The van der Waals surface area contributed by atoms with Crippen molar-refractivity contribution in [2.24, 2.45) is 17.6 Å². The van der Waals surface area contributed by atoms with E-state index >= 15 is 0 Å². The lowest BCUT2D eigenvalue weighted by atomic mass is 9.96. The van der Waals surface area contributed by atoms with Crippen LogP contribution in [-0.2, 0) is 6.54 Å². The van der Waals surface area contributed by atoms with Crippen LogP contribution in [0, 0.1) is 11.8 Å². The van der Waals surface area contributed by atoms with E-state index in [4.69, 9.17) is 5.73 Å². The Hall–Kier alpha value is -1.65. The Kier molecular flexibility index (Phi) is 5.32. The van der Waals surface area contributed by atoms with Gasteiger partial charge in [0.25, 0.3) is 0 Å². The summed E-state index contributed by atoms with van der Waals surface area (Å²) in [7, 11) is 0. The summed E-state index contributed by atoms with van der Waals surface area (Å²) in [5.41, 5.74) is 9.27. The third-order valence-corrected chi connectivity index (χ3v) is 3.75. The molecule has 2 rings (SSSR count). The van der Waals surface area contributed by atoms with Crippen molar-refractivity contribution in [3.05, 3.63) is 42.1 Å². The van der Waals surface area contributed by atoms with E-state index in [1.54, 1.807) is 6.20 Å². The second kappa shape index (κ2) is 7.22. The van der Waals surface area contributed by atoms with Gasteiger partial charge >= 0.3 is 0 Å². The minimum absolute atomic E-state index is 0.541. The maximum absolute atomic E-state index is 5.78. The molecule has 4 nitrogen and oxygen atoms in total. The number of nitrogens with zero attached hydrogens (tertiary/aromatic N) is 1. The molecule has 0 saturated heterocycles. The van der Waals surface area contributed by atoms with Crippen molar-refractivity contribution in [1.29, 1.82) is 0 Å². The molecule has 0 fully saturated rings. The zero-order chi connectivity index (χ0) is 14.4. The molecule has 0 aliphatic rings. The second-order valence-corrected chi connectivity index (χ2v) is 5.54. The molecule has 0 saturated carbocycles. The molecule has 108 valence electrons. The molecular weight excluding hydrogens is 248 g/mol. The Balaban J connectivity index is 1.85. The molecule has 0 spiro atoms. The van der Waals surface area contributed by atoms with Crippen LogP contribution in [0.3, 0.4) is 0 Å². The first kappa shape index (κ1) is 14.8. The number of hydrogen-bond acceptors (Lipinski definition) is 3. The van der Waals surface area contributed by atoms with Gasteiger partial charge in [-0.1, -0.05) is 38.1 Å². The van der Waals surface area contributed by atoms with Crippen molar-refractivity contribution in [3.8, 4) is 11.3 Å². The molecule has 1 heterocycles. The minimum atomic E-state index is 0.541. The van der Waals surface area contributed by atoms with E-state index in [9.17, 15) is 0 Å². The van der Waals surface area contributed by atoms with E-state index in [0.29, 0.717) is 11.8 Å². The quantitative estimate of drug-likeness (QED) is 0.725. The third kappa shape index (κ3) is 3.92. The lowest BCUT2D eigenvalue weighted by Gasteiger charge is -2.19. The van der Waals surface area contributed by atoms with Crippen molar-refractivity contribution < 1.29 is 0 Å². The molecule has 4 heteroatoms. The van der Waals surface area contributed by atoms with E-state index in [1.807, 2.05) is 6.07 Å². The summed E-state index contributed by atoms with van der Waals surface area (Å²) < 4.78 is 0. The highest BCUT2D eigenvalue weighted by Crippen LogP contribution is 2.16. The first-order chi connectivity index (χ1) is 9.70. The van der Waals surface area contributed by atoms with Crippen LogP contribution in [0.4, 0.5) is 0 Å². The van der Waals surface area contributed by atoms with Gasteiger partial charge in [0.15, 0.2) is 0 Å². The fraction of sp³-hybridized carbons (Fsp3) is 0.438. The van der Waals surface area contributed by atoms with Gasteiger partial charge in [0.1, 0.15) is 0 Å². The van der Waals surface area contributed by atoms with E-state index in [0.717, 1.165) is 30.9 Å². The molecule has 1 aromatic carbocycles. The molecule has 2 aromatic rings. The Labute approximate surface area is 120 Å². The van der Waals surface area contributed by atoms with Crippen molar-refractivity contribution in [1.82, 2.24) is 15.5 Å². The lowest BCUT2D eigenvalue weighted by molar-refractivity contribution is 0.370. The maximum Gasteiger partial charge on any atom is 0.0650 e. The predicted molar refractivity (Wildman–Crippen MR) is 83.1 cm³/mol. The summed E-state index contributed by atoms with van der Waals surface area (Å²) in [6, 6.07) is 10.5. The fourth-order valence-corrected chi connectivity index (χ4v) is 2.21. The van der Waals surface area contributed by atoms with Crippen LogP contribution in [0.5, 0.6) is 0 Å². The number of rotatable bonds is 7. The summed E-state index contributed by atoms with van der Waals surface area (Å²) >= 11 is 0. The Bertz CT molecular complexity index is 488. The normalized spacial score (nSPS) is 12.8. The second-order valence-electron chi connectivity index (χ2n) is 5.54. The molecule has 1 atom stereocenters. The molecule has 1 aromatic heterocycles. The van der Waals surface area contributed by atoms with Crippen LogP contribution in [0.2, 0.25) is 0 Å². The smallest absolute Gasteiger partial charge is 0.0650 e. The Morgan fingerprint density at radius 3 is 2.50 bits per heavy atom. The highest BCUT2D eigenvalue weighted by molar-refractivity contribution is 5.58. The van der Waals surface area contributed by atoms with Gasteiger partial charge in [-0.3, -0.25) is 5.10 Å². The Morgan fingerprint density at radius 2 is 1.95 bits per heavy atom. The standard InChI is InChI=1S/C16H24N4/c1-12(2)15(9-17)11-18-10-13-3-5-14(6-4-13)16-7-8-19-20-16/h3-8,12,15,18H,9-11,17H2,1-2H3,(H,19,20). The monoisotopic (exact) mass is 272 g/mol. The highest BCUT2D eigenvalue weighted by Gasteiger charge is 2.10. The summed E-state index contributed by atoms with van der Waals surface area (Å²) in [5.74, 6) is 1.16. The molecule has 0 aliphatic heterocycles. The molecule has 4 N–H and O–H groups in total. The zero-order valence-corrected chi connectivity index (χ0v) is 12.3. The van der Waals surface area contributed by atoms with Crippen LogP contribution in [0.15, 0.2) is 36.5 Å². The number of benzene rings is 1. The van der Waals surface area contributed by atoms with Crippen molar-refractivity contribution >= 4 is 0 Å². The number of hydrogen-bond donors (Lipinski definition) is 3. The van der Waals surface area contributed by atoms with Gasteiger partial charge in [-0.15, -0.1) is 0 Å². The summed E-state index contributed by atoms with van der Waals surface area (Å²) in [6.45, 7) is 7.03. The van der Waals surface area contributed by atoms with Crippen LogP contribution in [0.25, 0.3) is 11.3 Å². The minimum Gasteiger partial charge on any atom is -0.330 e. The molecule has 20 heavy (non-hydrogen) atoms. The number of aromatic amines is 1. The van der Waals surface area contributed by atoms with Crippen molar-refractivity contribution in [3.63, 3.8) is 0 Å². The summed E-state index contributed by atoms with van der Waals surface area (Å²) in [5, 5.41) is 10.4. The van der Waals surface area contributed by atoms with Gasteiger partial charge in [0, 0.05) is 12.7 Å². The van der Waals surface area contributed by atoms with Crippen LogP contribution in [0.1, 0.15) is 19.4 Å². The first-order valence-electron chi connectivity index (χ1n) is 7.20. The third-order valence-electron chi connectivity index (χ3n) is 3.75.